The summed E-state index contributed by atoms with van der Waals surface area (Å²) >= 11 is 0. The molecular weight excluding hydrogens is 425 g/mol. The van der Waals surface area contributed by atoms with Crippen molar-refractivity contribution in [1.82, 2.24) is 39.8 Å². The van der Waals surface area contributed by atoms with Crippen LogP contribution in [0.15, 0.2) is 61.1 Å². The molecule has 0 unspecified atom stereocenters. The maximum Gasteiger partial charge on any atom is 0.213 e. The second kappa shape index (κ2) is 8.43. The van der Waals surface area contributed by atoms with Crippen molar-refractivity contribution in [3.05, 3.63) is 72.6 Å². The molecule has 4 aromatic heterocycles. The van der Waals surface area contributed by atoms with Crippen molar-refractivity contribution < 1.29 is 9.13 Å². The van der Waals surface area contributed by atoms with Crippen LogP contribution in [-0.2, 0) is 6.54 Å². The summed E-state index contributed by atoms with van der Waals surface area (Å²) in [5, 5.41) is 25.2. The Bertz CT molecular complexity index is 1470. The Balaban J connectivity index is 1.48. The lowest BCUT2D eigenvalue weighted by Crippen LogP contribution is -2.20. The van der Waals surface area contributed by atoms with E-state index < -0.39 is 5.95 Å². The van der Waals surface area contributed by atoms with Gasteiger partial charge in [-0.15, -0.1) is 5.10 Å². The Morgan fingerprint density at radius 2 is 2.09 bits per heavy atom. The first kappa shape index (κ1) is 20.2. The minimum absolute atomic E-state index is 0.164. The van der Waals surface area contributed by atoms with Crippen LogP contribution in [0, 0.1) is 17.3 Å². The van der Waals surface area contributed by atoms with Crippen LogP contribution in [0.5, 0.6) is 5.75 Å². The zero-order valence-corrected chi connectivity index (χ0v) is 17.4. The minimum atomic E-state index is -0.684. The van der Waals surface area contributed by atoms with Gasteiger partial charge >= 0.3 is 0 Å². The van der Waals surface area contributed by atoms with Gasteiger partial charge in [0.25, 0.3) is 0 Å². The molecule has 0 N–H and O–H groups in total. The van der Waals surface area contributed by atoms with Crippen molar-refractivity contribution >= 4 is 5.65 Å². The Morgan fingerprint density at radius 1 is 1.18 bits per heavy atom. The highest BCUT2D eigenvalue weighted by Crippen LogP contribution is 2.26. The van der Waals surface area contributed by atoms with E-state index in [1.165, 1.54) is 18.6 Å². The molecule has 5 rings (SSSR count). The topological polar surface area (TPSA) is 120 Å². The number of tetrazole rings is 1. The molecule has 0 saturated heterocycles. The van der Waals surface area contributed by atoms with E-state index in [4.69, 9.17) is 4.74 Å². The van der Waals surface area contributed by atoms with Crippen molar-refractivity contribution in [2.45, 2.75) is 19.6 Å². The average molecular weight is 441 g/mol. The quantitative estimate of drug-likeness (QED) is 0.369. The summed E-state index contributed by atoms with van der Waals surface area (Å²) in [7, 11) is 0. The van der Waals surface area contributed by atoms with Crippen LogP contribution in [0.2, 0.25) is 0 Å². The molecule has 0 bridgehead atoms. The lowest BCUT2D eigenvalue weighted by Gasteiger charge is -2.15. The molecule has 1 atom stereocenters. The Labute approximate surface area is 186 Å². The van der Waals surface area contributed by atoms with Crippen molar-refractivity contribution in [1.29, 1.82) is 5.26 Å². The van der Waals surface area contributed by atoms with E-state index in [0.29, 0.717) is 29.3 Å². The van der Waals surface area contributed by atoms with Gasteiger partial charge in [0.15, 0.2) is 5.65 Å². The molecule has 0 saturated carbocycles. The van der Waals surface area contributed by atoms with Crippen LogP contribution >= 0.6 is 0 Å². The van der Waals surface area contributed by atoms with Gasteiger partial charge in [-0.1, -0.05) is 12.1 Å². The molecule has 4 heterocycles. The molecule has 0 aliphatic heterocycles. The first-order valence-corrected chi connectivity index (χ1v) is 10.0. The van der Waals surface area contributed by atoms with Gasteiger partial charge in [0.05, 0.1) is 24.0 Å². The number of halogens is 1. The van der Waals surface area contributed by atoms with Gasteiger partial charge in [0.2, 0.25) is 5.95 Å². The molecule has 0 spiro atoms. The average Bonchev–Trinajstić information content (AvgIpc) is 3.48. The fraction of sp³-hybridized carbons (Fsp3) is 0.136. The summed E-state index contributed by atoms with van der Waals surface area (Å²) in [6, 6.07) is 15.7. The maximum absolute atomic E-state index is 13.8. The lowest BCUT2D eigenvalue weighted by molar-refractivity contribution is 0.193. The van der Waals surface area contributed by atoms with E-state index >= 15 is 0 Å². The number of nitrogens with zero attached hydrogens (tertiary/aromatic N) is 9. The molecule has 0 fully saturated rings. The molecule has 10 nitrogen and oxygen atoms in total. The first-order valence-electron chi connectivity index (χ1n) is 10.0. The minimum Gasteiger partial charge on any atom is -0.489 e. The number of aromatic nitrogens is 8. The smallest absolute Gasteiger partial charge is 0.213 e. The molecule has 162 valence electrons. The van der Waals surface area contributed by atoms with Crippen LogP contribution in [-0.4, -0.2) is 45.9 Å². The van der Waals surface area contributed by atoms with Crippen LogP contribution in [0.1, 0.15) is 12.5 Å². The van der Waals surface area contributed by atoms with E-state index in [-0.39, 0.29) is 17.4 Å². The van der Waals surface area contributed by atoms with Crippen molar-refractivity contribution in [2.24, 2.45) is 0 Å². The molecule has 0 amide bonds. The SMILES string of the molecule is C[C@@H](Cn1cnnn1)Oc1cccc(-c2ccc3ncc(-c4nc(F)ccc4C#N)n3n2)c1. The Kier molecular flexibility index (Phi) is 5.16. The third-order valence-corrected chi connectivity index (χ3v) is 4.89. The number of hydrogen-bond acceptors (Lipinski definition) is 8. The normalized spacial score (nSPS) is 11.9. The van der Waals surface area contributed by atoms with Gasteiger partial charge in [-0.2, -0.15) is 14.8 Å². The number of imidazole rings is 1. The second-order valence-corrected chi connectivity index (χ2v) is 7.26. The molecule has 0 radical (unpaired) electrons. The molecule has 11 heteroatoms. The number of rotatable bonds is 6. The van der Waals surface area contributed by atoms with E-state index in [1.807, 2.05) is 43.3 Å². The highest BCUT2D eigenvalue weighted by molar-refractivity contribution is 5.68. The van der Waals surface area contributed by atoms with Gasteiger partial charge in [-0.05, 0) is 53.7 Å². The van der Waals surface area contributed by atoms with Gasteiger partial charge in [-0.3, -0.25) is 0 Å². The van der Waals surface area contributed by atoms with Gasteiger partial charge < -0.3 is 4.74 Å². The molecule has 1 aromatic carbocycles. The summed E-state index contributed by atoms with van der Waals surface area (Å²) in [5.41, 5.74) is 2.85. The summed E-state index contributed by atoms with van der Waals surface area (Å²) in [5.74, 6) is -0.0184. The Hall–Kier alpha value is -4.72. The van der Waals surface area contributed by atoms with Crippen molar-refractivity contribution in [3.63, 3.8) is 0 Å². The molecule has 0 aliphatic carbocycles. The van der Waals surface area contributed by atoms with Gasteiger partial charge in [0, 0.05) is 5.56 Å². The van der Waals surface area contributed by atoms with Crippen LogP contribution in [0.25, 0.3) is 28.3 Å². The predicted octanol–water partition coefficient (Wildman–Crippen LogP) is 2.92. The fourth-order valence-electron chi connectivity index (χ4n) is 3.44. The van der Waals surface area contributed by atoms with Gasteiger partial charge in [0.1, 0.15) is 35.6 Å². The third-order valence-electron chi connectivity index (χ3n) is 4.89. The second-order valence-electron chi connectivity index (χ2n) is 7.26. The van der Waals surface area contributed by atoms with Crippen LogP contribution in [0.3, 0.4) is 0 Å². The van der Waals surface area contributed by atoms with Crippen LogP contribution in [0.4, 0.5) is 4.39 Å². The number of fused-ring (bicyclic) bond motifs is 1. The molecular formula is C22H16FN9O. The van der Waals surface area contributed by atoms with Crippen LogP contribution < -0.4 is 4.74 Å². The molecule has 33 heavy (non-hydrogen) atoms. The number of ether oxygens (including phenoxy) is 1. The van der Waals surface area contributed by atoms with Gasteiger partial charge in [-0.25, -0.2) is 19.2 Å². The van der Waals surface area contributed by atoms with Crippen molar-refractivity contribution in [3.8, 4) is 34.5 Å². The zero-order valence-electron chi connectivity index (χ0n) is 17.4. The summed E-state index contributed by atoms with van der Waals surface area (Å²) in [6.45, 7) is 2.43. The standard InChI is InChI=1S/C22H16FN9O/c1-14(12-31-13-26-29-30-31)33-17-4-2-3-15(9-17)18-6-8-21-25-11-19(32(21)28-18)22-16(10-24)5-7-20(23)27-22/h2-9,11,13-14H,12H2,1H3/t14-/m0/s1. The highest BCUT2D eigenvalue weighted by Gasteiger charge is 2.15. The number of benzene rings is 1. The summed E-state index contributed by atoms with van der Waals surface area (Å²) in [6.07, 6.45) is 2.89. The molecule has 0 aliphatic rings. The Morgan fingerprint density at radius 3 is 2.91 bits per heavy atom. The third kappa shape index (κ3) is 4.09. The van der Waals surface area contributed by atoms with E-state index in [0.717, 1.165) is 11.6 Å². The number of hydrogen-bond donors (Lipinski definition) is 0. The maximum atomic E-state index is 13.8. The summed E-state index contributed by atoms with van der Waals surface area (Å²) < 4.78 is 22.9. The highest BCUT2D eigenvalue weighted by atomic mass is 19.1. The number of nitriles is 1. The zero-order chi connectivity index (χ0) is 22.8. The number of pyridine rings is 1. The van der Waals surface area contributed by atoms with E-state index in [1.54, 1.807) is 15.3 Å². The van der Waals surface area contributed by atoms with Crippen molar-refractivity contribution in [2.75, 3.05) is 0 Å². The van der Waals surface area contributed by atoms with E-state index in [2.05, 4.69) is 30.6 Å². The largest absolute Gasteiger partial charge is 0.489 e. The lowest BCUT2D eigenvalue weighted by atomic mass is 10.1. The van der Waals surface area contributed by atoms with E-state index in [9.17, 15) is 9.65 Å². The monoisotopic (exact) mass is 441 g/mol. The summed E-state index contributed by atoms with van der Waals surface area (Å²) in [4.78, 5) is 8.20. The fourth-order valence-corrected chi connectivity index (χ4v) is 3.44. The first-order chi connectivity index (χ1) is 16.1. The predicted molar refractivity (Wildman–Crippen MR) is 114 cm³/mol. The molecule has 5 aromatic rings.